The van der Waals surface area contributed by atoms with E-state index in [0.717, 1.165) is 42.6 Å². The van der Waals surface area contributed by atoms with Crippen molar-refractivity contribution < 1.29 is 21.8 Å². The third-order valence-electron chi connectivity index (χ3n) is 7.25. The van der Waals surface area contributed by atoms with E-state index >= 15 is 0 Å². The van der Waals surface area contributed by atoms with Gasteiger partial charge in [0, 0.05) is 43.7 Å². The van der Waals surface area contributed by atoms with Gasteiger partial charge in [-0.15, -0.1) is 0 Å². The second-order valence-electron chi connectivity index (χ2n) is 10.4. The van der Waals surface area contributed by atoms with Gasteiger partial charge in [0.15, 0.2) is 0 Å². The second-order valence-corrected chi connectivity index (χ2v) is 16.4. The van der Waals surface area contributed by atoms with Gasteiger partial charge in [0.25, 0.3) is 0 Å². The topological polar surface area (TPSA) is 44.9 Å². The molecule has 238 valence electrons. The lowest BCUT2D eigenvalue weighted by molar-refractivity contribution is -0.114. The largest absolute Gasteiger partial charge is 1.00 e. The number of hydrogen-bond acceptors (Lipinski definition) is 1. The summed E-state index contributed by atoms with van der Waals surface area (Å²) < 4.78 is 1.76. The predicted molar refractivity (Wildman–Crippen MR) is 205 cm³/mol. The molecule has 2 N–H and O–H groups in total. The minimum atomic E-state index is -2.10. The molecule has 46 heavy (non-hydrogen) atoms. The molecule has 0 radical (unpaired) electrons. The molecular formula is C37H34Br3Cl2N2OP. The fourth-order valence-corrected chi connectivity index (χ4v) is 10.7. The highest BCUT2D eigenvalue weighted by Crippen LogP contribution is 2.59. The van der Waals surface area contributed by atoms with Crippen molar-refractivity contribution in [3.63, 3.8) is 0 Å². The molecule has 0 bridgehead atoms. The summed E-state index contributed by atoms with van der Waals surface area (Å²) in [5.41, 5.74) is 4.03. The summed E-state index contributed by atoms with van der Waals surface area (Å²) in [6, 6.07) is 42.0. The molecule has 9 heteroatoms. The summed E-state index contributed by atoms with van der Waals surface area (Å²) in [6.07, 6.45) is 0.746. The molecule has 0 unspecified atom stereocenters. The molecule has 1 amide bonds. The molecule has 1 aromatic heterocycles. The average molecular weight is 864 g/mol. The van der Waals surface area contributed by atoms with Crippen molar-refractivity contribution in [3.8, 4) is 0 Å². The minimum Gasteiger partial charge on any atom is -1.00 e. The Hall–Kier alpha value is -2.44. The zero-order chi connectivity index (χ0) is 31.3. The number of H-pyrrole nitrogens is 1. The van der Waals surface area contributed by atoms with Crippen LogP contribution in [0.3, 0.4) is 0 Å². The van der Waals surface area contributed by atoms with Crippen molar-refractivity contribution >= 4 is 101 Å². The number of aryl methyl sites for hydroxylation is 1. The van der Waals surface area contributed by atoms with E-state index in [0.29, 0.717) is 5.02 Å². The van der Waals surface area contributed by atoms with Gasteiger partial charge in [-0.1, -0.05) is 85.2 Å². The molecule has 0 saturated heterocycles. The smallest absolute Gasteiger partial charge is 0.221 e. The van der Waals surface area contributed by atoms with Crippen LogP contribution < -0.4 is 38.2 Å². The molecule has 0 aliphatic carbocycles. The number of amides is 1. The van der Waals surface area contributed by atoms with Crippen LogP contribution in [0.4, 0.5) is 5.69 Å². The monoisotopic (exact) mass is 860 g/mol. The number of hydrogen-bond donors (Lipinski definition) is 2. The van der Waals surface area contributed by atoms with Gasteiger partial charge in [-0.05, 0) is 106 Å². The van der Waals surface area contributed by atoms with E-state index < -0.39 is 7.26 Å². The van der Waals surface area contributed by atoms with Crippen LogP contribution in [0.5, 0.6) is 0 Å². The molecule has 0 spiro atoms. The first-order chi connectivity index (χ1) is 21.2. The van der Waals surface area contributed by atoms with Gasteiger partial charge in [0.2, 0.25) is 5.91 Å². The normalized spacial score (nSPS) is 10.7. The molecule has 0 aliphatic rings. The van der Waals surface area contributed by atoms with Crippen LogP contribution in [-0.2, 0) is 11.0 Å². The number of rotatable bonds is 6. The minimum absolute atomic E-state index is 0. The van der Waals surface area contributed by atoms with E-state index in [2.05, 4.69) is 139 Å². The number of anilines is 1. The van der Waals surface area contributed by atoms with Gasteiger partial charge in [-0.3, -0.25) is 4.79 Å². The van der Waals surface area contributed by atoms with E-state index in [1.807, 2.05) is 31.2 Å². The fourth-order valence-electron chi connectivity index (χ4n) is 5.32. The van der Waals surface area contributed by atoms with Crippen LogP contribution in [0.1, 0.15) is 25.6 Å². The van der Waals surface area contributed by atoms with Gasteiger partial charge >= 0.3 is 0 Å². The Bertz CT molecular complexity index is 1770. The van der Waals surface area contributed by atoms with Crippen LogP contribution in [0.15, 0.2) is 130 Å². The number of aromatic nitrogens is 1. The highest BCUT2D eigenvalue weighted by atomic mass is 79.9. The Morgan fingerprint density at radius 2 is 1.20 bits per heavy atom. The van der Waals surface area contributed by atoms with E-state index in [1.54, 1.807) is 0 Å². The zero-order valence-electron chi connectivity index (χ0n) is 24.5. The summed E-state index contributed by atoms with van der Waals surface area (Å²) in [7, 11) is -2.10. The van der Waals surface area contributed by atoms with Crippen molar-refractivity contribution in [2.24, 2.45) is 0 Å². The first-order valence-corrected chi connectivity index (χ1v) is 18.2. The van der Waals surface area contributed by atoms with Crippen LogP contribution in [0.2, 0.25) is 10.0 Å². The Balaban J connectivity index is 0.000000346. The van der Waals surface area contributed by atoms with Gasteiger partial charge in [-0.2, -0.15) is 0 Å². The van der Waals surface area contributed by atoms with Crippen molar-refractivity contribution in [1.82, 2.24) is 4.98 Å². The molecule has 3 nitrogen and oxygen atoms in total. The molecule has 0 atom stereocenters. The molecule has 0 fully saturated rings. The average Bonchev–Trinajstić information content (AvgIpc) is 3.38. The number of halogens is 5. The standard InChI is InChI=1S/C27H22BrClNOP.C9H7BrClN.CH4.BrH/c1-20(31)30-27-18-26(29)25(28)17-21(27)19-32(22-11-5-2-6-12-22,23-13-7-3-8-14-23)24-15-9-4-10-16-24;1-5-2-6-3-7(10)8(11)4-9(6)12-5;;/h2-18H,19H2,1H3;2-4,12H,1H3;1H4;1H. The number of nitrogens with one attached hydrogen (secondary N) is 2. The first kappa shape index (κ1) is 38.0. The Morgan fingerprint density at radius 3 is 1.67 bits per heavy atom. The summed E-state index contributed by atoms with van der Waals surface area (Å²) in [5.74, 6) is -0.118. The lowest BCUT2D eigenvalue weighted by Gasteiger charge is -2.28. The van der Waals surface area contributed by atoms with Crippen LogP contribution >= 0.6 is 62.3 Å². The second kappa shape index (κ2) is 17.1. The number of benzene rings is 5. The lowest BCUT2D eigenvalue weighted by Crippen LogP contribution is -3.00. The molecule has 5 aromatic carbocycles. The lowest BCUT2D eigenvalue weighted by atomic mass is 10.2. The van der Waals surface area contributed by atoms with Crippen molar-refractivity contribution in [1.29, 1.82) is 0 Å². The molecule has 0 saturated carbocycles. The summed E-state index contributed by atoms with van der Waals surface area (Å²) in [5, 5.41) is 9.35. The predicted octanol–water partition coefficient (Wildman–Crippen LogP) is 8.09. The van der Waals surface area contributed by atoms with Crippen LogP contribution in [-0.4, -0.2) is 10.9 Å². The quantitative estimate of drug-likeness (QED) is 0.164. The van der Waals surface area contributed by atoms with Gasteiger partial charge in [0.05, 0.1) is 10.0 Å². The number of fused-ring (bicyclic) bond motifs is 1. The summed E-state index contributed by atoms with van der Waals surface area (Å²) in [6.45, 7) is 3.55. The summed E-state index contributed by atoms with van der Waals surface area (Å²) in [4.78, 5) is 15.2. The molecule has 1 heterocycles. The van der Waals surface area contributed by atoms with Gasteiger partial charge < -0.3 is 27.3 Å². The maximum Gasteiger partial charge on any atom is 0.221 e. The maximum atomic E-state index is 12.0. The van der Waals surface area contributed by atoms with E-state index in [4.69, 9.17) is 23.2 Å². The van der Waals surface area contributed by atoms with Crippen LogP contribution in [0.25, 0.3) is 10.9 Å². The van der Waals surface area contributed by atoms with Gasteiger partial charge in [0.1, 0.15) is 29.3 Å². The molecular weight excluding hydrogens is 830 g/mol. The highest BCUT2D eigenvalue weighted by molar-refractivity contribution is 9.10. The molecule has 6 rings (SSSR count). The van der Waals surface area contributed by atoms with Crippen molar-refractivity contribution in [2.45, 2.75) is 27.4 Å². The first-order valence-electron chi connectivity index (χ1n) is 13.9. The van der Waals surface area contributed by atoms with Crippen molar-refractivity contribution in [2.75, 3.05) is 5.32 Å². The number of carbonyl (C=O) groups is 1. The number of aromatic amines is 1. The Morgan fingerprint density at radius 1 is 0.739 bits per heavy atom. The van der Waals surface area contributed by atoms with Gasteiger partial charge in [-0.25, -0.2) is 0 Å². The zero-order valence-corrected chi connectivity index (χ0v) is 31.7. The van der Waals surface area contributed by atoms with E-state index in [-0.39, 0.29) is 30.3 Å². The SMILES string of the molecule is C.CC(=O)Nc1cc(Cl)c(Br)cc1C[P+](c1ccccc1)(c1ccccc1)c1ccccc1.Cc1cc2cc(Br)c(Cl)cc2[nH]1.[Br-]. The third kappa shape index (κ3) is 8.72. The Labute approximate surface area is 309 Å². The van der Waals surface area contributed by atoms with E-state index in [1.165, 1.54) is 28.2 Å². The van der Waals surface area contributed by atoms with Crippen molar-refractivity contribution in [3.05, 3.63) is 152 Å². The maximum absolute atomic E-state index is 12.0. The molecule has 6 aromatic rings. The third-order valence-corrected chi connectivity index (χ3v) is 14.0. The van der Waals surface area contributed by atoms with E-state index in [9.17, 15) is 4.79 Å². The van der Waals surface area contributed by atoms with Crippen LogP contribution in [0, 0.1) is 6.92 Å². The Kier molecular flexibility index (Phi) is 14.1. The fraction of sp³-hybridized carbons (Fsp3) is 0.108. The summed E-state index contributed by atoms with van der Waals surface area (Å²) >= 11 is 19.3. The highest BCUT2D eigenvalue weighted by Gasteiger charge is 2.46. The number of carbonyl (C=O) groups excluding carboxylic acids is 1. The molecule has 0 aliphatic heterocycles.